The highest BCUT2D eigenvalue weighted by atomic mass is 32.2. The summed E-state index contributed by atoms with van der Waals surface area (Å²) in [7, 11) is -0.436. The zero-order valence-corrected chi connectivity index (χ0v) is 15.6. The van der Waals surface area contributed by atoms with Gasteiger partial charge in [0.15, 0.2) is 11.5 Å². The molecular formula is C17H23N3O5S. The number of nitrogens with two attached hydrogens (primary N) is 1. The molecule has 9 heteroatoms. The number of ether oxygens (including phenoxy) is 2. The minimum atomic E-state index is -3.55. The summed E-state index contributed by atoms with van der Waals surface area (Å²) in [5.74, 6) is 0.777. The number of likely N-dealkylation sites (tertiary alicyclic amines) is 1. The minimum absolute atomic E-state index is 0.0993. The lowest BCUT2D eigenvalue weighted by Gasteiger charge is -2.32. The molecule has 26 heavy (non-hydrogen) atoms. The number of piperidine rings is 1. The molecule has 0 radical (unpaired) electrons. The molecule has 1 aromatic carbocycles. The first-order chi connectivity index (χ1) is 12.3. The van der Waals surface area contributed by atoms with Crippen LogP contribution in [0.15, 0.2) is 18.2 Å². The number of nitrogens with zero attached hydrogens (tertiary/aromatic N) is 1. The number of carbonyl (C=O) groups excluding carboxylic acids is 1. The maximum absolute atomic E-state index is 12.8. The molecule has 1 unspecified atom stereocenters. The van der Waals surface area contributed by atoms with E-state index < -0.39 is 10.0 Å². The Morgan fingerprint density at radius 2 is 1.96 bits per heavy atom. The third kappa shape index (κ3) is 3.94. The van der Waals surface area contributed by atoms with Crippen LogP contribution in [0, 0.1) is 5.92 Å². The number of H-pyrrole nitrogens is 1. The van der Waals surface area contributed by atoms with E-state index in [0.29, 0.717) is 30.3 Å². The third-order valence-corrected chi connectivity index (χ3v) is 5.57. The van der Waals surface area contributed by atoms with Crippen LogP contribution in [-0.2, 0) is 10.0 Å². The summed E-state index contributed by atoms with van der Waals surface area (Å²) < 4.78 is 33.2. The zero-order valence-electron chi connectivity index (χ0n) is 14.8. The average molecular weight is 381 g/mol. The van der Waals surface area contributed by atoms with Crippen molar-refractivity contribution in [1.82, 2.24) is 9.88 Å². The molecule has 1 amide bonds. The van der Waals surface area contributed by atoms with Gasteiger partial charge in [-0.1, -0.05) is 0 Å². The van der Waals surface area contributed by atoms with Crippen molar-refractivity contribution in [3.05, 3.63) is 23.9 Å². The van der Waals surface area contributed by atoms with Gasteiger partial charge in [-0.25, -0.2) is 13.6 Å². The van der Waals surface area contributed by atoms with E-state index in [9.17, 15) is 13.2 Å². The van der Waals surface area contributed by atoms with Gasteiger partial charge in [-0.3, -0.25) is 4.79 Å². The summed E-state index contributed by atoms with van der Waals surface area (Å²) in [6.45, 7) is 0.985. The molecule has 3 N–H and O–H groups in total. The monoisotopic (exact) mass is 381 g/mol. The van der Waals surface area contributed by atoms with E-state index in [4.69, 9.17) is 14.6 Å². The number of benzene rings is 1. The molecular weight excluding hydrogens is 358 g/mol. The molecule has 3 rings (SSSR count). The Morgan fingerprint density at radius 3 is 2.62 bits per heavy atom. The van der Waals surface area contributed by atoms with Gasteiger partial charge in [0.1, 0.15) is 5.69 Å². The van der Waals surface area contributed by atoms with Gasteiger partial charge in [0, 0.05) is 30.1 Å². The number of fused-ring (bicyclic) bond motifs is 1. The Hall–Kier alpha value is -2.26. The van der Waals surface area contributed by atoms with E-state index in [2.05, 4.69) is 4.98 Å². The van der Waals surface area contributed by atoms with Gasteiger partial charge >= 0.3 is 0 Å². The van der Waals surface area contributed by atoms with Gasteiger partial charge in [-0.05, 0) is 30.9 Å². The molecule has 0 bridgehead atoms. The topological polar surface area (TPSA) is 115 Å². The molecule has 0 aliphatic carbocycles. The van der Waals surface area contributed by atoms with Crippen molar-refractivity contribution in [3.8, 4) is 11.5 Å². The molecule has 2 aromatic rings. The number of methoxy groups -OCH3 is 2. The highest BCUT2D eigenvalue weighted by molar-refractivity contribution is 7.89. The smallest absolute Gasteiger partial charge is 0.270 e. The Labute approximate surface area is 152 Å². The Bertz CT molecular complexity index is 881. The van der Waals surface area contributed by atoms with E-state index in [-0.39, 0.29) is 17.6 Å². The Balaban J connectivity index is 1.83. The van der Waals surface area contributed by atoms with Gasteiger partial charge in [0.2, 0.25) is 10.0 Å². The number of hydrogen-bond donors (Lipinski definition) is 2. The number of rotatable bonds is 5. The van der Waals surface area contributed by atoms with Gasteiger partial charge in [-0.2, -0.15) is 0 Å². The first kappa shape index (κ1) is 18.5. The number of nitrogens with one attached hydrogen (secondary N) is 1. The highest BCUT2D eigenvalue weighted by Crippen LogP contribution is 2.32. The van der Waals surface area contributed by atoms with Crippen LogP contribution in [0.1, 0.15) is 23.3 Å². The van der Waals surface area contributed by atoms with Gasteiger partial charge in [0.25, 0.3) is 5.91 Å². The van der Waals surface area contributed by atoms with Crippen molar-refractivity contribution in [1.29, 1.82) is 0 Å². The summed E-state index contributed by atoms with van der Waals surface area (Å²) in [5.41, 5.74) is 1.22. The predicted molar refractivity (Wildman–Crippen MR) is 98.0 cm³/mol. The van der Waals surface area contributed by atoms with E-state index in [1.807, 2.05) is 0 Å². The molecule has 8 nitrogen and oxygen atoms in total. The second kappa shape index (κ2) is 7.16. The largest absolute Gasteiger partial charge is 0.493 e. The maximum Gasteiger partial charge on any atom is 0.270 e. The van der Waals surface area contributed by atoms with Gasteiger partial charge in [-0.15, -0.1) is 0 Å². The van der Waals surface area contributed by atoms with Crippen LogP contribution < -0.4 is 14.6 Å². The van der Waals surface area contributed by atoms with Crippen LogP contribution in [0.3, 0.4) is 0 Å². The fourth-order valence-corrected chi connectivity index (χ4v) is 4.39. The second-order valence-electron chi connectivity index (χ2n) is 6.57. The van der Waals surface area contributed by atoms with E-state index in [1.165, 1.54) is 0 Å². The lowest BCUT2D eigenvalue weighted by Crippen LogP contribution is -2.42. The van der Waals surface area contributed by atoms with Crippen LogP contribution in [0.5, 0.6) is 11.5 Å². The maximum atomic E-state index is 12.8. The molecule has 1 aliphatic heterocycles. The molecule has 1 atom stereocenters. The zero-order chi connectivity index (χ0) is 18.9. The standard InChI is InChI=1S/C17H23N3O5S/c1-24-15-7-12-6-14(19-13(12)8-16(15)25-2)17(21)20-5-3-4-11(9-20)10-26(18,22)23/h6-8,11,19H,3-5,9-10H2,1-2H3,(H2,18,22,23). The van der Waals surface area contributed by atoms with Crippen LogP contribution in [0.4, 0.5) is 0 Å². The first-order valence-corrected chi connectivity index (χ1v) is 10.1. The summed E-state index contributed by atoms with van der Waals surface area (Å²) >= 11 is 0. The second-order valence-corrected chi connectivity index (χ2v) is 8.23. The highest BCUT2D eigenvalue weighted by Gasteiger charge is 2.27. The number of carbonyl (C=O) groups is 1. The Morgan fingerprint density at radius 1 is 1.27 bits per heavy atom. The minimum Gasteiger partial charge on any atom is -0.493 e. The quantitative estimate of drug-likeness (QED) is 0.811. The van der Waals surface area contributed by atoms with Crippen molar-refractivity contribution >= 4 is 26.8 Å². The number of sulfonamides is 1. The molecule has 2 heterocycles. The SMILES string of the molecule is COc1cc2cc(C(=O)N3CCCC(CS(N)(=O)=O)C3)[nH]c2cc1OC. The summed E-state index contributed by atoms with van der Waals surface area (Å²) in [6.07, 6.45) is 1.51. The summed E-state index contributed by atoms with van der Waals surface area (Å²) in [6, 6.07) is 5.36. The van der Waals surface area contributed by atoms with Crippen molar-refractivity contribution < 1.29 is 22.7 Å². The normalized spacial score (nSPS) is 18.1. The summed E-state index contributed by atoms with van der Waals surface area (Å²) in [5, 5.41) is 5.98. The van der Waals surface area contributed by atoms with Crippen LogP contribution in [0.2, 0.25) is 0 Å². The lowest BCUT2D eigenvalue weighted by molar-refractivity contribution is 0.0679. The molecule has 1 aromatic heterocycles. The molecule has 1 fully saturated rings. The average Bonchev–Trinajstić information content (AvgIpc) is 3.01. The van der Waals surface area contributed by atoms with Crippen LogP contribution in [-0.4, -0.2) is 57.3 Å². The number of aromatic amines is 1. The fraction of sp³-hybridized carbons (Fsp3) is 0.471. The number of amides is 1. The van der Waals surface area contributed by atoms with Crippen molar-refractivity contribution in [2.24, 2.45) is 11.1 Å². The molecule has 142 valence electrons. The first-order valence-electron chi connectivity index (χ1n) is 8.35. The van der Waals surface area contributed by atoms with Crippen molar-refractivity contribution in [2.45, 2.75) is 12.8 Å². The van der Waals surface area contributed by atoms with E-state index in [0.717, 1.165) is 23.7 Å². The van der Waals surface area contributed by atoms with E-state index >= 15 is 0 Å². The van der Waals surface area contributed by atoms with Gasteiger partial charge in [0.05, 0.1) is 20.0 Å². The Kier molecular flexibility index (Phi) is 5.10. The van der Waals surface area contributed by atoms with E-state index in [1.54, 1.807) is 37.3 Å². The van der Waals surface area contributed by atoms with Crippen LogP contribution >= 0.6 is 0 Å². The third-order valence-electron chi connectivity index (χ3n) is 4.63. The van der Waals surface area contributed by atoms with Gasteiger partial charge < -0.3 is 19.4 Å². The number of hydrogen-bond acceptors (Lipinski definition) is 5. The summed E-state index contributed by atoms with van der Waals surface area (Å²) in [4.78, 5) is 17.6. The number of aromatic nitrogens is 1. The van der Waals surface area contributed by atoms with Crippen LogP contribution in [0.25, 0.3) is 10.9 Å². The molecule has 0 spiro atoms. The lowest BCUT2D eigenvalue weighted by atomic mass is 10.00. The fourth-order valence-electron chi connectivity index (χ4n) is 3.46. The van der Waals surface area contributed by atoms with Crippen molar-refractivity contribution in [2.75, 3.05) is 33.1 Å². The molecule has 1 saturated heterocycles. The molecule has 0 saturated carbocycles. The molecule has 1 aliphatic rings. The number of primary sulfonamides is 1. The predicted octanol–water partition coefficient (Wildman–Crippen LogP) is 1.33. The van der Waals surface area contributed by atoms with Crippen molar-refractivity contribution in [3.63, 3.8) is 0 Å².